The van der Waals surface area contributed by atoms with E-state index in [0.717, 1.165) is 0 Å². The SMILES string of the molecule is COc1cc(Cl)nc(NS(=O)(=O)c2ccnc(Cl)c2)n1. The highest BCUT2D eigenvalue weighted by Gasteiger charge is 2.17. The smallest absolute Gasteiger partial charge is 0.264 e. The number of pyridine rings is 1. The lowest BCUT2D eigenvalue weighted by Crippen LogP contribution is -2.15. The molecular formula is C10H8Cl2N4O3S. The molecule has 0 unspecified atom stereocenters. The van der Waals surface area contributed by atoms with E-state index in [1.54, 1.807) is 0 Å². The maximum absolute atomic E-state index is 12.1. The highest BCUT2D eigenvalue weighted by Crippen LogP contribution is 2.19. The molecule has 0 spiro atoms. The lowest BCUT2D eigenvalue weighted by atomic mass is 10.5. The number of hydrogen-bond donors (Lipinski definition) is 1. The van der Waals surface area contributed by atoms with Gasteiger partial charge in [-0.3, -0.25) is 0 Å². The first-order valence-corrected chi connectivity index (χ1v) is 7.37. The Morgan fingerprint density at radius 1 is 1.20 bits per heavy atom. The molecule has 0 radical (unpaired) electrons. The van der Waals surface area contributed by atoms with E-state index in [2.05, 4.69) is 19.7 Å². The monoisotopic (exact) mass is 334 g/mol. The zero-order chi connectivity index (χ0) is 14.8. The maximum atomic E-state index is 12.1. The molecule has 0 aliphatic rings. The van der Waals surface area contributed by atoms with Crippen LogP contribution in [0, 0.1) is 0 Å². The molecule has 1 N–H and O–H groups in total. The van der Waals surface area contributed by atoms with Crippen molar-refractivity contribution in [2.45, 2.75) is 4.90 Å². The quantitative estimate of drug-likeness (QED) is 0.678. The minimum absolute atomic E-state index is 0.0438. The largest absolute Gasteiger partial charge is 0.481 e. The molecule has 7 nitrogen and oxygen atoms in total. The number of nitrogens with zero attached hydrogens (tertiary/aromatic N) is 3. The number of halogens is 2. The third-order valence-electron chi connectivity index (χ3n) is 2.11. The molecule has 20 heavy (non-hydrogen) atoms. The van der Waals surface area contributed by atoms with E-state index in [1.807, 2.05) is 0 Å². The van der Waals surface area contributed by atoms with Gasteiger partial charge in [0.25, 0.3) is 10.0 Å². The zero-order valence-corrected chi connectivity index (χ0v) is 12.4. The first-order valence-electron chi connectivity index (χ1n) is 5.13. The van der Waals surface area contributed by atoms with Crippen molar-refractivity contribution in [3.8, 4) is 5.88 Å². The number of hydrogen-bond acceptors (Lipinski definition) is 6. The Morgan fingerprint density at radius 2 is 1.95 bits per heavy atom. The lowest BCUT2D eigenvalue weighted by molar-refractivity contribution is 0.397. The summed E-state index contributed by atoms with van der Waals surface area (Å²) in [7, 11) is -2.52. The minimum atomic E-state index is -3.89. The van der Waals surface area contributed by atoms with E-state index in [1.165, 1.54) is 31.5 Å². The molecule has 0 saturated carbocycles. The average Bonchev–Trinajstić information content (AvgIpc) is 2.37. The van der Waals surface area contributed by atoms with Gasteiger partial charge in [-0.25, -0.2) is 23.1 Å². The Kier molecular flexibility index (Phi) is 4.26. The summed E-state index contributed by atoms with van der Waals surface area (Å²) < 4.78 is 31.3. The second-order valence-corrected chi connectivity index (χ2v) is 5.93. The Bertz CT molecular complexity index is 739. The molecule has 0 aromatic carbocycles. The van der Waals surface area contributed by atoms with Crippen LogP contribution in [0.3, 0.4) is 0 Å². The van der Waals surface area contributed by atoms with Gasteiger partial charge in [0.15, 0.2) is 0 Å². The van der Waals surface area contributed by atoms with Crippen molar-refractivity contribution >= 4 is 39.2 Å². The summed E-state index contributed by atoms with van der Waals surface area (Å²) in [6.45, 7) is 0. The molecule has 10 heteroatoms. The van der Waals surface area contributed by atoms with Crippen LogP contribution >= 0.6 is 23.2 Å². The van der Waals surface area contributed by atoms with Gasteiger partial charge in [-0.15, -0.1) is 0 Å². The predicted octanol–water partition coefficient (Wildman–Crippen LogP) is 1.99. The second-order valence-electron chi connectivity index (χ2n) is 3.48. The minimum Gasteiger partial charge on any atom is -0.481 e. The van der Waals surface area contributed by atoms with Crippen LogP contribution in [0.25, 0.3) is 0 Å². The van der Waals surface area contributed by atoms with Crippen LogP contribution in [0.4, 0.5) is 5.95 Å². The topological polar surface area (TPSA) is 94.1 Å². The fourth-order valence-electron chi connectivity index (χ4n) is 1.28. The summed E-state index contributed by atoms with van der Waals surface area (Å²) in [5.74, 6) is -0.0715. The third kappa shape index (κ3) is 3.47. The lowest BCUT2D eigenvalue weighted by Gasteiger charge is -2.08. The number of methoxy groups -OCH3 is 1. The van der Waals surface area contributed by atoms with Gasteiger partial charge in [0.1, 0.15) is 10.3 Å². The molecule has 2 heterocycles. The Labute approximate surface area is 125 Å². The van der Waals surface area contributed by atoms with Gasteiger partial charge in [0.2, 0.25) is 11.8 Å². The maximum Gasteiger partial charge on any atom is 0.264 e. The van der Waals surface area contributed by atoms with Gasteiger partial charge in [-0.05, 0) is 12.1 Å². The average molecular weight is 335 g/mol. The van der Waals surface area contributed by atoms with Gasteiger partial charge in [0, 0.05) is 12.3 Å². The summed E-state index contributed by atoms with van der Waals surface area (Å²) in [5.41, 5.74) is 0. The van der Waals surface area contributed by atoms with Gasteiger partial charge < -0.3 is 4.74 Å². The van der Waals surface area contributed by atoms with Gasteiger partial charge in [-0.1, -0.05) is 23.2 Å². The van der Waals surface area contributed by atoms with Crippen LogP contribution in [0.1, 0.15) is 0 Å². The Hall–Kier alpha value is -1.64. The van der Waals surface area contributed by atoms with Crippen molar-refractivity contribution in [1.82, 2.24) is 15.0 Å². The van der Waals surface area contributed by atoms with E-state index in [0.29, 0.717) is 0 Å². The van der Waals surface area contributed by atoms with Crippen LogP contribution < -0.4 is 9.46 Å². The van der Waals surface area contributed by atoms with Gasteiger partial charge in [-0.2, -0.15) is 4.98 Å². The molecule has 0 bridgehead atoms. The van der Waals surface area contributed by atoms with Crippen molar-refractivity contribution in [2.24, 2.45) is 0 Å². The molecule has 0 aliphatic carbocycles. The molecule has 0 atom stereocenters. The number of ether oxygens (including phenoxy) is 1. The standard InChI is InChI=1S/C10H8Cl2N4O3S/c1-19-9-5-8(12)14-10(15-9)16-20(17,18)6-2-3-13-7(11)4-6/h2-5H,1H3,(H,14,15,16). The number of sulfonamides is 1. The van der Waals surface area contributed by atoms with Crippen LogP contribution in [0.5, 0.6) is 5.88 Å². The van der Waals surface area contributed by atoms with Crippen molar-refractivity contribution in [3.05, 3.63) is 34.7 Å². The molecule has 0 amide bonds. The van der Waals surface area contributed by atoms with Crippen LogP contribution in [0.15, 0.2) is 29.3 Å². The van der Waals surface area contributed by atoms with E-state index >= 15 is 0 Å². The van der Waals surface area contributed by atoms with E-state index in [-0.39, 0.29) is 27.0 Å². The summed E-state index contributed by atoms with van der Waals surface area (Å²) in [5, 5.41) is 0.0970. The zero-order valence-electron chi connectivity index (χ0n) is 10.0. The van der Waals surface area contributed by atoms with E-state index < -0.39 is 10.0 Å². The van der Waals surface area contributed by atoms with Crippen molar-refractivity contribution < 1.29 is 13.2 Å². The van der Waals surface area contributed by atoms with Crippen molar-refractivity contribution in [3.63, 3.8) is 0 Å². The molecular weight excluding hydrogens is 327 g/mol. The van der Waals surface area contributed by atoms with E-state index in [4.69, 9.17) is 27.9 Å². The van der Waals surface area contributed by atoms with Crippen molar-refractivity contribution in [2.75, 3.05) is 11.8 Å². The highest BCUT2D eigenvalue weighted by molar-refractivity contribution is 7.92. The summed E-state index contributed by atoms with van der Waals surface area (Å²) >= 11 is 11.4. The molecule has 2 aromatic heterocycles. The normalized spacial score (nSPS) is 11.2. The number of nitrogens with one attached hydrogen (secondary N) is 1. The Morgan fingerprint density at radius 3 is 2.60 bits per heavy atom. The van der Waals surface area contributed by atoms with Crippen molar-refractivity contribution in [1.29, 1.82) is 0 Å². The molecule has 0 fully saturated rings. The van der Waals surface area contributed by atoms with Gasteiger partial charge in [0.05, 0.1) is 12.0 Å². The number of anilines is 1. The number of rotatable bonds is 4. The molecule has 2 aromatic rings. The predicted molar refractivity (Wildman–Crippen MR) is 73.6 cm³/mol. The fraction of sp³-hybridized carbons (Fsp3) is 0.100. The first kappa shape index (κ1) is 14.8. The van der Waals surface area contributed by atoms with E-state index in [9.17, 15) is 8.42 Å². The molecule has 106 valence electrons. The molecule has 0 aliphatic heterocycles. The molecule has 0 saturated heterocycles. The van der Waals surface area contributed by atoms with Crippen LogP contribution in [0.2, 0.25) is 10.3 Å². The highest BCUT2D eigenvalue weighted by atomic mass is 35.5. The fourth-order valence-corrected chi connectivity index (χ4v) is 2.65. The first-order chi connectivity index (χ1) is 9.40. The van der Waals surface area contributed by atoms with Gasteiger partial charge >= 0.3 is 0 Å². The second kappa shape index (κ2) is 5.78. The summed E-state index contributed by atoms with van der Waals surface area (Å²) in [6.07, 6.45) is 1.27. The summed E-state index contributed by atoms with van der Waals surface area (Å²) in [4.78, 5) is 11.2. The third-order valence-corrected chi connectivity index (χ3v) is 3.84. The summed E-state index contributed by atoms with van der Waals surface area (Å²) in [6, 6.07) is 3.84. The number of aromatic nitrogens is 3. The Balaban J connectivity index is 2.35. The van der Waals surface area contributed by atoms with Crippen LogP contribution in [-0.4, -0.2) is 30.5 Å². The van der Waals surface area contributed by atoms with Crippen LogP contribution in [-0.2, 0) is 10.0 Å². The molecule has 2 rings (SSSR count).